The van der Waals surface area contributed by atoms with Gasteiger partial charge < -0.3 is 19.3 Å². The first-order valence-corrected chi connectivity index (χ1v) is 10.0. The molecule has 2 amide bonds. The van der Waals surface area contributed by atoms with Crippen LogP contribution in [0.2, 0.25) is 5.02 Å². The zero-order valence-electron chi connectivity index (χ0n) is 16.5. The van der Waals surface area contributed by atoms with E-state index in [9.17, 15) is 9.59 Å². The number of para-hydroxylation sites is 1. The monoisotopic (exact) mass is 416 g/mol. The van der Waals surface area contributed by atoms with Crippen molar-refractivity contribution >= 4 is 23.4 Å². The maximum atomic E-state index is 12.6. The van der Waals surface area contributed by atoms with E-state index < -0.39 is 0 Å². The van der Waals surface area contributed by atoms with Crippen LogP contribution in [0.3, 0.4) is 0 Å². The van der Waals surface area contributed by atoms with E-state index in [0.717, 1.165) is 5.75 Å². The van der Waals surface area contributed by atoms with E-state index in [1.807, 2.05) is 23.1 Å². The van der Waals surface area contributed by atoms with Gasteiger partial charge in [0.2, 0.25) is 5.91 Å². The minimum atomic E-state index is -0.0205. The Morgan fingerprint density at radius 3 is 2.28 bits per heavy atom. The number of amides is 2. The molecule has 0 spiro atoms. The summed E-state index contributed by atoms with van der Waals surface area (Å²) in [4.78, 5) is 28.6. The molecule has 0 saturated carbocycles. The van der Waals surface area contributed by atoms with Crippen LogP contribution in [0.15, 0.2) is 48.5 Å². The summed E-state index contributed by atoms with van der Waals surface area (Å²) >= 11 is 6.05. The van der Waals surface area contributed by atoms with E-state index in [2.05, 4.69) is 0 Å². The summed E-state index contributed by atoms with van der Waals surface area (Å²) in [6.45, 7) is 2.60. The predicted octanol–water partition coefficient (Wildman–Crippen LogP) is 3.49. The van der Waals surface area contributed by atoms with Crippen molar-refractivity contribution in [3.05, 3.63) is 59.1 Å². The molecule has 1 aliphatic heterocycles. The number of piperazine rings is 1. The van der Waals surface area contributed by atoms with Gasteiger partial charge in [-0.05, 0) is 42.8 Å². The highest BCUT2D eigenvalue weighted by atomic mass is 35.5. The highest BCUT2D eigenvalue weighted by Gasteiger charge is 2.24. The predicted molar refractivity (Wildman–Crippen MR) is 112 cm³/mol. The molecule has 154 valence electrons. The molecular formula is C22H25ClN2O4. The number of ether oxygens (including phenoxy) is 2. The molecule has 7 heteroatoms. The molecule has 0 aliphatic carbocycles. The van der Waals surface area contributed by atoms with Crippen LogP contribution in [0.25, 0.3) is 0 Å². The first-order chi connectivity index (χ1) is 14.1. The van der Waals surface area contributed by atoms with Gasteiger partial charge in [-0.15, -0.1) is 0 Å². The number of benzene rings is 2. The number of hydrogen-bond acceptors (Lipinski definition) is 4. The Labute approximate surface area is 176 Å². The standard InChI is InChI=1S/C22H25ClN2O4/c1-28-18-10-8-17(9-11-18)22(27)25-14-12-24(13-15-25)21(26)7-4-16-29-20-6-3-2-5-19(20)23/h2-3,5-6,8-11H,4,7,12-16H2,1H3. The first-order valence-electron chi connectivity index (χ1n) is 9.67. The number of carbonyl (C=O) groups is 2. The minimum Gasteiger partial charge on any atom is -0.497 e. The van der Waals surface area contributed by atoms with Crippen LogP contribution < -0.4 is 9.47 Å². The molecule has 0 radical (unpaired) electrons. The molecule has 29 heavy (non-hydrogen) atoms. The van der Waals surface area contributed by atoms with Crippen LogP contribution in [-0.4, -0.2) is 61.5 Å². The van der Waals surface area contributed by atoms with Gasteiger partial charge in [-0.25, -0.2) is 0 Å². The number of rotatable bonds is 7. The van der Waals surface area contributed by atoms with E-state index in [4.69, 9.17) is 21.1 Å². The van der Waals surface area contributed by atoms with Gasteiger partial charge in [0.25, 0.3) is 5.91 Å². The molecule has 0 atom stereocenters. The van der Waals surface area contributed by atoms with Crippen molar-refractivity contribution in [1.29, 1.82) is 0 Å². The van der Waals surface area contributed by atoms with Crippen LogP contribution in [0, 0.1) is 0 Å². The quantitative estimate of drug-likeness (QED) is 0.648. The molecule has 6 nitrogen and oxygen atoms in total. The van der Waals surface area contributed by atoms with Crippen molar-refractivity contribution in [2.24, 2.45) is 0 Å². The molecule has 0 N–H and O–H groups in total. The van der Waals surface area contributed by atoms with Crippen LogP contribution in [0.5, 0.6) is 11.5 Å². The van der Waals surface area contributed by atoms with Crippen molar-refractivity contribution in [1.82, 2.24) is 9.80 Å². The second-order valence-corrected chi connectivity index (χ2v) is 7.19. The smallest absolute Gasteiger partial charge is 0.253 e. The number of methoxy groups -OCH3 is 1. The molecule has 1 fully saturated rings. The van der Waals surface area contributed by atoms with Gasteiger partial charge in [-0.2, -0.15) is 0 Å². The van der Waals surface area contributed by atoms with Crippen molar-refractivity contribution in [3.8, 4) is 11.5 Å². The summed E-state index contributed by atoms with van der Waals surface area (Å²) < 4.78 is 10.7. The summed E-state index contributed by atoms with van der Waals surface area (Å²) in [5, 5.41) is 0.566. The van der Waals surface area contributed by atoms with Gasteiger partial charge in [-0.3, -0.25) is 9.59 Å². The highest BCUT2D eigenvalue weighted by Crippen LogP contribution is 2.23. The van der Waals surface area contributed by atoms with Crippen LogP contribution in [-0.2, 0) is 4.79 Å². The Hall–Kier alpha value is -2.73. The van der Waals surface area contributed by atoms with Crippen LogP contribution in [0.1, 0.15) is 23.2 Å². The Balaban J connectivity index is 1.39. The number of nitrogens with zero attached hydrogens (tertiary/aromatic N) is 2. The van der Waals surface area contributed by atoms with Gasteiger partial charge in [0.15, 0.2) is 0 Å². The lowest BCUT2D eigenvalue weighted by atomic mass is 10.1. The fourth-order valence-corrected chi connectivity index (χ4v) is 3.39. The summed E-state index contributed by atoms with van der Waals surface area (Å²) in [5.74, 6) is 1.42. The summed E-state index contributed by atoms with van der Waals surface area (Å²) in [7, 11) is 1.59. The molecule has 0 aromatic heterocycles. The Kier molecular flexibility index (Phi) is 7.36. The lowest BCUT2D eigenvalue weighted by molar-refractivity contribution is -0.132. The molecule has 2 aromatic carbocycles. The minimum absolute atomic E-state index is 0.0205. The summed E-state index contributed by atoms with van der Waals surface area (Å²) in [6.07, 6.45) is 1.03. The lowest BCUT2D eigenvalue weighted by Gasteiger charge is -2.35. The molecule has 1 aliphatic rings. The zero-order chi connectivity index (χ0) is 20.6. The van der Waals surface area contributed by atoms with Crippen molar-refractivity contribution in [3.63, 3.8) is 0 Å². The molecule has 2 aromatic rings. The average molecular weight is 417 g/mol. The third-order valence-corrected chi connectivity index (χ3v) is 5.20. The van der Waals surface area contributed by atoms with E-state index in [-0.39, 0.29) is 11.8 Å². The molecule has 0 unspecified atom stereocenters. The fraction of sp³-hybridized carbons (Fsp3) is 0.364. The third-order valence-electron chi connectivity index (χ3n) is 4.89. The zero-order valence-corrected chi connectivity index (χ0v) is 17.2. The van der Waals surface area contributed by atoms with Gasteiger partial charge in [0, 0.05) is 38.2 Å². The fourth-order valence-electron chi connectivity index (χ4n) is 3.20. The van der Waals surface area contributed by atoms with Crippen molar-refractivity contribution in [2.75, 3.05) is 39.9 Å². The van der Waals surface area contributed by atoms with Gasteiger partial charge in [0.1, 0.15) is 11.5 Å². The Morgan fingerprint density at radius 2 is 1.62 bits per heavy atom. The number of hydrogen-bond donors (Lipinski definition) is 0. The summed E-state index contributed by atoms with van der Waals surface area (Å²) in [6, 6.07) is 14.4. The number of halogens is 1. The summed E-state index contributed by atoms with van der Waals surface area (Å²) in [5.41, 5.74) is 0.627. The first kappa shape index (κ1) is 21.0. The molecule has 0 bridgehead atoms. The Bertz CT molecular complexity index is 833. The largest absolute Gasteiger partial charge is 0.497 e. The normalized spacial score (nSPS) is 13.9. The van der Waals surface area contributed by atoms with Gasteiger partial charge >= 0.3 is 0 Å². The molecular weight excluding hydrogens is 392 g/mol. The van der Waals surface area contributed by atoms with Crippen molar-refractivity contribution < 1.29 is 19.1 Å². The number of carbonyl (C=O) groups excluding carboxylic acids is 2. The second kappa shape index (κ2) is 10.2. The SMILES string of the molecule is COc1ccc(C(=O)N2CCN(C(=O)CCCOc3ccccc3Cl)CC2)cc1. The third kappa shape index (κ3) is 5.64. The van der Waals surface area contributed by atoms with E-state index in [0.29, 0.717) is 62.0 Å². The lowest BCUT2D eigenvalue weighted by Crippen LogP contribution is -2.50. The van der Waals surface area contributed by atoms with Crippen molar-refractivity contribution in [2.45, 2.75) is 12.8 Å². The second-order valence-electron chi connectivity index (χ2n) is 6.78. The Morgan fingerprint density at radius 1 is 0.966 bits per heavy atom. The average Bonchev–Trinajstić information content (AvgIpc) is 2.77. The maximum absolute atomic E-state index is 12.6. The highest BCUT2D eigenvalue weighted by molar-refractivity contribution is 6.32. The van der Waals surface area contributed by atoms with Crippen LogP contribution in [0.4, 0.5) is 0 Å². The molecule has 1 saturated heterocycles. The van der Waals surface area contributed by atoms with Crippen LogP contribution >= 0.6 is 11.6 Å². The topological polar surface area (TPSA) is 59.1 Å². The van der Waals surface area contributed by atoms with E-state index in [1.54, 1.807) is 42.3 Å². The molecule has 3 rings (SSSR count). The van der Waals surface area contributed by atoms with E-state index in [1.165, 1.54) is 0 Å². The molecule has 1 heterocycles. The van der Waals surface area contributed by atoms with Gasteiger partial charge in [-0.1, -0.05) is 23.7 Å². The van der Waals surface area contributed by atoms with Gasteiger partial charge in [0.05, 0.1) is 18.7 Å². The maximum Gasteiger partial charge on any atom is 0.253 e. The van der Waals surface area contributed by atoms with E-state index >= 15 is 0 Å².